The third kappa shape index (κ3) is 5.16. The van der Waals surface area contributed by atoms with Crippen LogP contribution in [0, 0.1) is 12.3 Å². The molecule has 1 fully saturated rings. The van der Waals surface area contributed by atoms with E-state index < -0.39 is 5.92 Å². The summed E-state index contributed by atoms with van der Waals surface area (Å²) < 4.78 is 11.0. The molecule has 2 heterocycles. The number of aromatic nitrogens is 1. The monoisotopic (exact) mass is 475 g/mol. The van der Waals surface area contributed by atoms with E-state index in [1.54, 1.807) is 13.0 Å². The molecule has 1 saturated heterocycles. The number of hydrogen-bond acceptors (Lipinski definition) is 7. The standard InChI is InChI=1S/C27H29N3O5/c1-4-17(3)20-14-21(23(32)15-22(20)31)26-24(25(29-35-26)27(33)28-5-2)19-8-6-18(7-9-19)16-30-10-12-34-13-11-30/h1,6-9,14-15,17,31-32H,5,10-13,16H2,2-3H3,(H,28,33). The van der Waals surface area contributed by atoms with Crippen molar-refractivity contribution in [2.45, 2.75) is 26.3 Å². The molecule has 3 N–H and O–H groups in total. The Labute approximate surface area is 204 Å². The molecule has 4 rings (SSSR count). The Morgan fingerprint density at radius 1 is 1.20 bits per heavy atom. The van der Waals surface area contributed by atoms with E-state index in [0.29, 0.717) is 23.2 Å². The van der Waals surface area contributed by atoms with Gasteiger partial charge in [0.25, 0.3) is 5.91 Å². The lowest BCUT2D eigenvalue weighted by molar-refractivity contribution is 0.0342. The van der Waals surface area contributed by atoms with E-state index in [0.717, 1.165) is 38.4 Å². The molecule has 8 nitrogen and oxygen atoms in total. The van der Waals surface area contributed by atoms with Crippen molar-refractivity contribution in [2.75, 3.05) is 32.8 Å². The van der Waals surface area contributed by atoms with Crippen LogP contribution in [-0.4, -0.2) is 59.0 Å². The van der Waals surface area contributed by atoms with E-state index in [4.69, 9.17) is 15.7 Å². The van der Waals surface area contributed by atoms with Gasteiger partial charge in [0, 0.05) is 43.7 Å². The van der Waals surface area contributed by atoms with Gasteiger partial charge in [0.1, 0.15) is 11.5 Å². The fraction of sp³-hybridized carbons (Fsp3) is 0.333. The van der Waals surface area contributed by atoms with Gasteiger partial charge in [0.15, 0.2) is 11.5 Å². The van der Waals surface area contributed by atoms with Gasteiger partial charge in [-0.3, -0.25) is 9.69 Å². The number of terminal acetylenes is 1. The molecular weight excluding hydrogens is 446 g/mol. The van der Waals surface area contributed by atoms with Crippen molar-refractivity contribution in [1.29, 1.82) is 0 Å². The first kappa shape index (κ1) is 24.3. The fourth-order valence-electron chi connectivity index (χ4n) is 4.15. The van der Waals surface area contributed by atoms with Crippen LogP contribution in [0.25, 0.3) is 22.5 Å². The van der Waals surface area contributed by atoms with Crippen LogP contribution in [0.3, 0.4) is 0 Å². The molecule has 2 aromatic carbocycles. The predicted molar refractivity (Wildman–Crippen MR) is 132 cm³/mol. The number of ether oxygens (including phenoxy) is 1. The van der Waals surface area contributed by atoms with Crippen LogP contribution in [0.15, 0.2) is 40.9 Å². The number of benzene rings is 2. The lowest BCUT2D eigenvalue weighted by Crippen LogP contribution is -2.35. The topological polar surface area (TPSA) is 108 Å². The minimum atomic E-state index is -0.400. The molecule has 1 unspecified atom stereocenters. The SMILES string of the molecule is C#CC(C)c1cc(-c2onc(C(=O)NCC)c2-c2ccc(CN3CCOCC3)cc2)c(O)cc1O. The molecule has 8 heteroatoms. The minimum absolute atomic E-state index is 0.113. The highest BCUT2D eigenvalue weighted by atomic mass is 16.5. The van der Waals surface area contributed by atoms with Gasteiger partial charge in [-0.25, -0.2) is 0 Å². The van der Waals surface area contributed by atoms with Gasteiger partial charge in [-0.15, -0.1) is 6.42 Å². The molecular formula is C27H29N3O5. The van der Waals surface area contributed by atoms with Crippen LogP contribution in [-0.2, 0) is 11.3 Å². The molecule has 1 aliphatic rings. The highest BCUT2D eigenvalue weighted by molar-refractivity contribution is 6.02. The summed E-state index contributed by atoms with van der Waals surface area (Å²) >= 11 is 0. The van der Waals surface area contributed by atoms with Crippen molar-refractivity contribution >= 4 is 5.91 Å². The summed E-state index contributed by atoms with van der Waals surface area (Å²) in [7, 11) is 0. The van der Waals surface area contributed by atoms with Gasteiger partial charge in [-0.2, -0.15) is 0 Å². The van der Waals surface area contributed by atoms with Crippen molar-refractivity contribution < 1.29 is 24.3 Å². The fourth-order valence-corrected chi connectivity index (χ4v) is 4.15. The number of nitrogens with zero attached hydrogens (tertiary/aromatic N) is 2. The summed E-state index contributed by atoms with van der Waals surface area (Å²) in [5.74, 6) is 1.69. The Balaban J connectivity index is 1.77. The van der Waals surface area contributed by atoms with E-state index in [-0.39, 0.29) is 34.4 Å². The maximum Gasteiger partial charge on any atom is 0.274 e. The normalized spacial score (nSPS) is 14.9. The number of amides is 1. The molecule has 1 aliphatic heterocycles. The van der Waals surface area contributed by atoms with Gasteiger partial charge < -0.3 is 24.8 Å². The maximum absolute atomic E-state index is 12.8. The third-order valence-corrected chi connectivity index (χ3v) is 6.10. The lowest BCUT2D eigenvalue weighted by atomic mass is 9.93. The number of carbonyl (C=O) groups excluding carboxylic acids is 1. The zero-order valence-electron chi connectivity index (χ0n) is 19.9. The first-order valence-electron chi connectivity index (χ1n) is 11.6. The van der Waals surface area contributed by atoms with Crippen LogP contribution < -0.4 is 5.32 Å². The zero-order chi connectivity index (χ0) is 24.9. The number of rotatable bonds is 7. The average molecular weight is 476 g/mol. The molecule has 0 aliphatic carbocycles. The number of nitrogens with one attached hydrogen (secondary N) is 1. The second-order valence-electron chi connectivity index (χ2n) is 8.50. The molecule has 0 saturated carbocycles. The summed E-state index contributed by atoms with van der Waals surface area (Å²) in [5, 5.41) is 27.8. The Kier molecular flexibility index (Phi) is 7.39. The smallest absolute Gasteiger partial charge is 0.274 e. The Bertz CT molecular complexity index is 1240. The van der Waals surface area contributed by atoms with Crippen molar-refractivity contribution in [1.82, 2.24) is 15.4 Å². The number of morpholine rings is 1. The summed E-state index contributed by atoms with van der Waals surface area (Å²) in [4.78, 5) is 15.1. The lowest BCUT2D eigenvalue weighted by Gasteiger charge is -2.26. The van der Waals surface area contributed by atoms with Crippen molar-refractivity contribution in [2.24, 2.45) is 0 Å². The van der Waals surface area contributed by atoms with Gasteiger partial charge in [-0.05, 0) is 31.0 Å². The largest absolute Gasteiger partial charge is 0.507 e. The van der Waals surface area contributed by atoms with Gasteiger partial charge >= 0.3 is 0 Å². The molecule has 35 heavy (non-hydrogen) atoms. The first-order chi connectivity index (χ1) is 16.9. The number of phenolic OH excluding ortho intramolecular Hbond substituents is 2. The molecule has 1 amide bonds. The van der Waals surface area contributed by atoms with Crippen molar-refractivity contribution in [3.8, 4) is 46.3 Å². The summed E-state index contributed by atoms with van der Waals surface area (Å²) in [5.41, 5.74) is 3.16. The number of phenols is 2. The molecule has 0 radical (unpaired) electrons. The summed E-state index contributed by atoms with van der Waals surface area (Å²) in [6.07, 6.45) is 5.56. The van der Waals surface area contributed by atoms with Crippen LogP contribution in [0.4, 0.5) is 0 Å². The Morgan fingerprint density at radius 2 is 1.91 bits per heavy atom. The number of carbonyl (C=O) groups is 1. The number of hydrogen-bond donors (Lipinski definition) is 3. The second kappa shape index (κ2) is 10.6. The highest BCUT2D eigenvalue weighted by Gasteiger charge is 2.27. The van der Waals surface area contributed by atoms with Crippen LogP contribution in [0.2, 0.25) is 0 Å². The molecule has 0 spiro atoms. The van der Waals surface area contributed by atoms with Gasteiger partial charge in [0.05, 0.1) is 24.3 Å². The Morgan fingerprint density at radius 3 is 2.57 bits per heavy atom. The average Bonchev–Trinajstić information content (AvgIpc) is 3.30. The van der Waals surface area contributed by atoms with Crippen LogP contribution in [0.5, 0.6) is 11.5 Å². The molecule has 0 bridgehead atoms. The van der Waals surface area contributed by atoms with E-state index in [2.05, 4.69) is 21.3 Å². The third-order valence-electron chi connectivity index (χ3n) is 6.10. The predicted octanol–water partition coefficient (Wildman–Crippen LogP) is 3.74. The van der Waals surface area contributed by atoms with Gasteiger partial charge in [-0.1, -0.05) is 35.3 Å². The van der Waals surface area contributed by atoms with Crippen molar-refractivity contribution in [3.63, 3.8) is 0 Å². The minimum Gasteiger partial charge on any atom is -0.507 e. The van der Waals surface area contributed by atoms with E-state index in [1.807, 2.05) is 31.2 Å². The van der Waals surface area contributed by atoms with E-state index in [9.17, 15) is 15.0 Å². The van der Waals surface area contributed by atoms with Crippen LogP contribution in [0.1, 0.15) is 41.4 Å². The van der Waals surface area contributed by atoms with E-state index in [1.165, 1.54) is 6.07 Å². The Hall–Kier alpha value is -3.80. The second-order valence-corrected chi connectivity index (χ2v) is 8.50. The highest BCUT2D eigenvalue weighted by Crippen LogP contribution is 2.43. The maximum atomic E-state index is 12.8. The summed E-state index contributed by atoms with van der Waals surface area (Å²) in [6.45, 7) is 8.04. The van der Waals surface area contributed by atoms with E-state index >= 15 is 0 Å². The van der Waals surface area contributed by atoms with Gasteiger partial charge in [0.2, 0.25) is 0 Å². The summed E-state index contributed by atoms with van der Waals surface area (Å²) in [6, 6.07) is 10.6. The molecule has 1 atom stereocenters. The first-order valence-corrected chi connectivity index (χ1v) is 11.6. The molecule has 3 aromatic rings. The quantitative estimate of drug-likeness (QED) is 0.447. The van der Waals surface area contributed by atoms with Crippen LogP contribution >= 0.6 is 0 Å². The zero-order valence-corrected chi connectivity index (χ0v) is 19.9. The number of aromatic hydroxyl groups is 2. The van der Waals surface area contributed by atoms with Crippen molar-refractivity contribution in [3.05, 3.63) is 53.2 Å². The molecule has 182 valence electrons. The molecule has 1 aromatic heterocycles.